The lowest BCUT2D eigenvalue weighted by Gasteiger charge is -2.48. The Morgan fingerprint density at radius 2 is 1.88 bits per heavy atom. The van der Waals surface area contributed by atoms with E-state index in [0.717, 1.165) is 0 Å². The molecule has 1 aliphatic heterocycles. The second-order valence-corrected chi connectivity index (χ2v) is 9.75. The minimum Gasteiger partial charge on any atom is -0.480 e. The average molecular weight is 472 g/mol. The van der Waals surface area contributed by atoms with Crippen LogP contribution in [0.1, 0.15) is 11.3 Å². The molecule has 4 rings (SSSR count). The third-order valence-corrected chi connectivity index (χ3v) is 7.23. The zero-order valence-corrected chi connectivity index (χ0v) is 18.3. The number of pyridine rings is 1. The summed E-state index contributed by atoms with van der Waals surface area (Å²) >= 11 is 0. The summed E-state index contributed by atoms with van der Waals surface area (Å²) in [7, 11) is -3.92. The molecule has 8 nitrogen and oxygen atoms in total. The maximum absolute atomic E-state index is 14.3. The minimum atomic E-state index is -3.92. The number of para-hydroxylation sites is 1. The van der Waals surface area contributed by atoms with E-state index in [4.69, 9.17) is 15.6 Å². The Labute approximate surface area is 190 Å². The summed E-state index contributed by atoms with van der Waals surface area (Å²) in [6, 6.07) is 16.0. The fourth-order valence-electron chi connectivity index (χ4n) is 3.67. The molecule has 0 radical (unpaired) electrons. The SMILES string of the molecule is NC(Cc1cccc(S(=O)(=O)N2CC(Oc3ccccc3F)(c3ccccn3)C2)c1)C(=O)O. The number of aromatic nitrogens is 1. The van der Waals surface area contributed by atoms with Gasteiger partial charge >= 0.3 is 5.97 Å². The van der Waals surface area contributed by atoms with E-state index in [2.05, 4.69) is 4.98 Å². The van der Waals surface area contributed by atoms with Gasteiger partial charge in [0.25, 0.3) is 0 Å². The van der Waals surface area contributed by atoms with Crippen LogP contribution in [0, 0.1) is 5.82 Å². The monoisotopic (exact) mass is 471 g/mol. The molecule has 2 heterocycles. The molecule has 2 aromatic carbocycles. The number of ether oxygens (including phenoxy) is 1. The van der Waals surface area contributed by atoms with Gasteiger partial charge in [-0.1, -0.05) is 30.3 Å². The van der Waals surface area contributed by atoms with Gasteiger partial charge < -0.3 is 15.6 Å². The van der Waals surface area contributed by atoms with E-state index in [1.54, 1.807) is 42.6 Å². The van der Waals surface area contributed by atoms with Crippen molar-refractivity contribution in [1.29, 1.82) is 0 Å². The fourth-order valence-corrected chi connectivity index (χ4v) is 5.27. The lowest BCUT2D eigenvalue weighted by Crippen LogP contribution is -2.64. The first-order valence-corrected chi connectivity index (χ1v) is 11.6. The Morgan fingerprint density at radius 3 is 2.55 bits per heavy atom. The first-order chi connectivity index (χ1) is 15.7. The molecule has 0 amide bonds. The third kappa shape index (κ3) is 4.58. The van der Waals surface area contributed by atoms with E-state index in [1.807, 2.05) is 0 Å². The molecule has 0 aliphatic carbocycles. The van der Waals surface area contributed by atoms with Crippen molar-refractivity contribution in [3.63, 3.8) is 0 Å². The molecule has 0 spiro atoms. The number of halogens is 1. The number of rotatable bonds is 8. The van der Waals surface area contributed by atoms with E-state index in [9.17, 15) is 17.6 Å². The molecular formula is C23H22FN3O5S. The van der Waals surface area contributed by atoms with E-state index >= 15 is 0 Å². The summed E-state index contributed by atoms with van der Waals surface area (Å²) in [6.45, 7) is -0.140. The summed E-state index contributed by atoms with van der Waals surface area (Å²) in [5.41, 5.74) is 5.40. The Kier molecular flexibility index (Phi) is 6.15. The Bertz CT molecular complexity index is 1260. The normalized spacial score (nSPS) is 16.5. The smallest absolute Gasteiger partial charge is 0.320 e. The molecule has 0 saturated carbocycles. The lowest BCUT2D eigenvalue weighted by molar-refractivity contribution is -0.138. The first kappa shape index (κ1) is 22.8. The van der Waals surface area contributed by atoms with E-state index in [1.165, 1.54) is 34.6 Å². The maximum atomic E-state index is 14.3. The highest BCUT2D eigenvalue weighted by Crippen LogP contribution is 2.39. The molecule has 0 bridgehead atoms. The van der Waals surface area contributed by atoms with Gasteiger partial charge in [0.2, 0.25) is 10.0 Å². The van der Waals surface area contributed by atoms with Crippen molar-refractivity contribution in [2.45, 2.75) is 23.0 Å². The number of sulfonamides is 1. The molecular weight excluding hydrogens is 449 g/mol. The molecule has 1 saturated heterocycles. The number of carboxylic acid groups (broad SMARTS) is 1. The Balaban J connectivity index is 1.60. The molecule has 10 heteroatoms. The standard InChI is InChI=1S/C23H22FN3O5S/c24-18-8-1-2-9-20(18)32-23(21-10-3-4-11-26-21)14-27(15-23)33(30,31)17-7-5-6-16(12-17)13-19(25)22(28)29/h1-12,19H,13-15,25H2,(H,28,29). The van der Waals surface area contributed by atoms with Crippen LogP contribution in [0.2, 0.25) is 0 Å². The summed E-state index contributed by atoms with van der Waals surface area (Å²) in [5, 5.41) is 9.02. The second kappa shape index (κ2) is 8.89. The first-order valence-electron chi connectivity index (χ1n) is 10.1. The van der Waals surface area contributed by atoms with Crippen molar-refractivity contribution in [2.24, 2.45) is 5.73 Å². The largest absolute Gasteiger partial charge is 0.480 e. The number of carbonyl (C=O) groups is 1. The maximum Gasteiger partial charge on any atom is 0.320 e. The predicted molar refractivity (Wildman–Crippen MR) is 117 cm³/mol. The van der Waals surface area contributed by atoms with Crippen LogP contribution < -0.4 is 10.5 Å². The molecule has 3 N–H and O–H groups in total. The zero-order valence-electron chi connectivity index (χ0n) is 17.5. The summed E-state index contributed by atoms with van der Waals surface area (Å²) < 4.78 is 48.0. The molecule has 3 aromatic rings. The van der Waals surface area contributed by atoms with Gasteiger partial charge in [-0.2, -0.15) is 4.31 Å². The molecule has 33 heavy (non-hydrogen) atoms. The topological polar surface area (TPSA) is 123 Å². The van der Waals surface area contributed by atoms with Crippen LogP contribution in [-0.2, 0) is 26.8 Å². The van der Waals surface area contributed by atoms with Gasteiger partial charge in [-0.3, -0.25) is 9.78 Å². The van der Waals surface area contributed by atoms with Gasteiger partial charge in [-0.25, -0.2) is 12.8 Å². The number of carboxylic acids is 1. The lowest BCUT2D eigenvalue weighted by atomic mass is 9.91. The number of hydrogen-bond donors (Lipinski definition) is 2. The predicted octanol–water partition coefficient (Wildman–Crippen LogP) is 2.15. The van der Waals surface area contributed by atoms with Crippen molar-refractivity contribution in [1.82, 2.24) is 9.29 Å². The summed E-state index contributed by atoms with van der Waals surface area (Å²) in [5.74, 6) is -1.72. The van der Waals surface area contributed by atoms with Crippen LogP contribution in [0.3, 0.4) is 0 Å². The van der Waals surface area contributed by atoms with Gasteiger partial charge in [0.15, 0.2) is 17.2 Å². The van der Waals surface area contributed by atoms with Crippen LogP contribution in [0.25, 0.3) is 0 Å². The van der Waals surface area contributed by atoms with Crippen molar-refractivity contribution in [3.05, 3.63) is 90.0 Å². The van der Waals surface area contributed by atoms with Gasteiger partial charge in [-0.05, 0) is 48.4 Å². The molecule has 1 atom stereocenters. The highest BCUT2D eigenvalue weighted by atomic mass is 32.2. The average Bonchev–Trinajstić information content (AvgIpc) is 2.77. The third-order valence-electron chi connectivity index (χ3n) is 5.45. The number of nitrogens with zero attached hydrogens (tertiary/aromatic N) is 2. The van der Waals surface area contributed by atoms with Gasteiger partial charge in [-0.15, -0.1) is 0 Å². The van der Waals surface area contributed by atoms with Crippen molar-refractivity contribution in [3.8, 4) is 5.75 Å². The van der Waals surface area contributed by atoms with Crippen LogP contribution in [-0.4, -0.2) is 47.9 Å². The molecule has 1 aliphatic rings. The van der Waals surface area contributed by atoms with Gasteiger partial charge in [0.05, 0.1) is 23.7 Å². The van der Waals surface area contributed by atoms with E-state index < -0.39 is 33.5 Å². The van der Waals surface area contributed by atoms with Crippen molar-refractivity contribution < 1.29 is 27.4 Å². The Hall–Kier alpha value is -3.34. The number of hydrogen-bond acceptors (Lipinski definition) is 6. The van der Waals surface area contributed by atoms with Crippen molar-refractivity contribution >= 4 is 16.0 Å². The number of benzene rings is 2. The minimum absolute atomic E-state index is 0.00450. The second-order valence-electron chi connectivity index (χ2n) is 7.81. The van der Waals surface area contributed by atoms with Crippen LogP contribution in [0.15, 0.2) is 77.8 Å². The highest BCUT2D eigenvalue weighted by Gasteiger charge is 2.53. The molecule has 1 unspecified atom stereocenters. The number of nitrogens with two attached hydrogens (primary N) is 1. The van der Waals surface area contributed by atoms with E-state index in [-0.39, 0.29) is 30.2 Å². The molecule has 172 valence electrons. The van der Waals surface area contributed by atoms with Gasteiger partial charge in [0.1, 0.15) is 6.04 Å². The van der Waals surface area contributed by atoms with Gasteiger partial charge in [0, 0.05) is 6.20 Å². The quantitative estimate of drug-likeness (QED) is 0.516. The van der Waals surface area contributed by atoms with Crippen LogP contribution >= 0.6 is 0 Å². The highest BCUT2D eigenvalue weighted by molar-refractivity contribution is 7.89. The van der Waals surface area contributed by atoms with Crippen molar-refractivity contribution in [2.75, 3.05) is 13.1 Å². The molecule has 1 aromatic heterocycles. The summed E-state index contributed by atoms with van der Waals surface area (Å²) in [4.78, 5) is 15.4. The molecule has 1 fully saturated rings. The summed E-state index contributed by atoms with van der Waals surface area (Å²) in [6.07, 6.45) is 1.56. The fraction of sp³-hybridized carbons (Fsp3) is 0.217. The Morgan fingerprint density at radius 1 is 1.15 bits per heavy atom. The van der Waals surface area contributed by atoms with E-state index in [0.29, 0.717) is 11.3 Å². The van der Waals surface area contributed by atoms with Crippen LogP contribution in [0.4, 0.5) is 4.39 Å². The zero-order chi connectivity index (χ0) is 23.6. The van der Waals surface area contributed by atoms with Crippen LogP contribution in [0.5, 0.6) is 5.75 Å². The number of aliphatic carboxylic acids is 1.